The van der Waals surface area contributed by atoms with Crippen molar-refractivity contribution in [2.45, 2.75) is 32.0 Å². The highest BCUT2D eigenvalue weighted by Gasteiger charge is 2.19. The summed E-state index contributed by atoms with van der Waals surface area (Å²) in [6.45, 7) is -7.42. The Balaban J connectivity index is 3.04. The second-order valence-corrected chi connectivity index (χ2v) is 2.33. The third-order valence-corrected chi connectivity index (χ3v) is 1.40. The molecule has 1 aromatic heterocycles. The van der Waals surface area contributed by atoms with Crippen molar-refractivity contribution in [1.29, 1.82) is 0 Å². The van der Waals surface area contributed by atoms with Crippen molar-refractivity contribution in [2.24, 2.45) is 0 Å². The third kappa shape index (κ3) is 1.78. The van der Waals surface area contributed by atoms with E-state index in [1.165, 1.54) is 0 Å². The summed E-state index contributed by atoms with van der Waals surface area (Å²) < 4.78 is 110. The molecule has 2 N–H and O–H groups in total. The SMILES string of the molecule is [2H]c1nc([2H])c(N2C([2H])([2H])C([2H])([2H])C([2H])([2H])C([2H])([2H])C2([2H])C([2H])([2H])[2H])nc1N. The summed E-state index contributed by atoms with van der Waals surface area (Å²) in [5, 5.41) is 0. The Hall–Kier alpha value is -1.32. The number of hydrogen-bond acceptors (Lipinski definition) is 4. The van der Waals surface area contributed by atoms with Gasteiger partial charge < -0.3 is 10.6 Å². The van der Waals surface area contributed by atoms with Crippen LogP contribution in [-0.2, 0) is 0 Å². The van der Waals surface area contributed by atoms with Crippen LogP contribution in [0.25, 0.3) is 0 Å². The first-order valence-corrected chi connectivity index (χ1v) is 3.60. The molecule has 2 rings (SSSR count). The van der Waals surface area contributed by atoms with E-state index in [1.807, 2.05) is 0 Å². The Labute approximate surface area is 104 Å². The third-order valence-electron chi connectivity index (χ3n) is 1.40. The molecule has 1 fully saturated rings. The molecule has 0 bridgehead atoms. The Kier molecular flexibility index (Phi) is 0.616. The van der Waals surface area contributed by atoms with Crippen molar-refractivity contribution in [3.63, 3.8) is 0 Å². The molecule has 4 heteroatoms. The van der Waals surface area contributed by atoms with Gasteiger partial charge in [-0.25, -0.2) is 4.98 Å². The largest absolute Gasteiger partial charge is 0.382 e. The van der Waals surface area contributed by atoms with Gasteiger partial charge in [-0.15, -0.1) is 0 Å². The summed E-state index contributed by atoms with van der Waals surface area (Å²) in [5.41, 5.74) is 5.41. The van der Waals surface area contributed by atoms with Gasteiger partial charge in [-0.1, -0.05) is 0 Å². The van der Waals surface area contributed by atoms with E-state index in [0.29, 0.717) is 0 Å². The van der Waals surface area contributed by atoms with Crippen molar-refractivity contribution in [1.82, 2.24) is 9.97 Å². The monoisotopic (exact) mass is 206 g/mol. The molecule has 1 aromatic rings. The molecule has 1 saturated heterocycles. The second-order valence-electron chi connectivity index (χ2n) is 2.33. The fraction of sp³-hybridized carbons (Fsp3) is 0.600. The van der Waals surface area contributed by atoms with Gasteiger partial charge in [-0.3, -0.25) is 4.98 Å². The number of hydrogen-bond donors (Lipinski definition) is 1. The van der Waals surface area contributed by atoms with Crippen molar-refractivity contribution in [3.05, 3.63) is 12.3 Å². The standard InChI is InChI=1S/C10H16N4/c1-8-4-2-3-5-14(8)10-7-12-6-9(11)13-10/h6-8H,2-5H2,1H3,(H2,11,13)/i1D3,2D2,3D2,4D2,5D2,6D,7D,8D. The summed E-state index contributed by atoms with van der Waals surface area (Å²) in [7, 11) is 0. The Morgan fingerprint density at radius 1 is 1.79 bits per heavy atom. The summed E-state index contributed by atoms with van der Waals surface area (Å²) >= 11 is 0. The van der Waals surface area contributed by atoms with Crippen LogP contribution in [0.2, 0.25) is 0 Å². The van der Waals surface area contributed by atoms with Gasteiger partial charge in [-0.05, 0) is 26.0 Å². The van der Waals surface area contributed by atoms with Crippen LogP contribution in [0.5, 0.6) is 0 Å². The van der Waals surface area contributed by atoms with Gasteiger partial charge in [0.1, 0.15) is 11.6 Å². The minimum Gasteiger partial charge on any atom is -0.382 e. The lowest BCUT2D eigenvalue weighted by molar-refractivity contribution is 0.481. The minimum absolute atomic E-state index is 0.251. The van der Waals surface area contributed by atoms with Crippen LogP contribution in [0.15, 0.2) is 12.3 Å². The summed E-state index contributed by atoms with van der Waals surface area (Å²) in [5.74, 6) is -1.81. The zero-order valence-corrected chi connectivity index (χ0v) is 6.92. The Morgan fingerprint density at radius 3 is 3.57 bits per heavy atom. The number of nitrogen functional groups attached to an aromatic ring is 1. The molecule has 4 nitrogen and oxygen atoms in total. The van der Waals surface area contributed by atoms with Crippen LogP contribution in [0.1, 0.15) is 45.2 Å². The van der Waals surface area contributed by atoms with Gasteiger partial charge in [0.15, 0.2) is 0 Å². The van der Waals surface area contributed by atoms with E-state index in [9.17, 15) is 0 Å². The molecule has 76 valence electrons. The van der Waals surface area contributed by atoms with E-state index in [0.717, 1.165) is 0 Å². The van der Waals surface area contributed by atoms with E-state index >= 15 is 0 Å². The molecule has 14 heavy (non-hydrogen) atoms. The molecule has 0 aliphatic carbocycles. The average Bonchev–Trinajstić information content (AvgIpc) is 2.49. The van der Waals surface area contributed by atoms with Crippen molar-refractivity contribution in [3.8, 4) is 0 Å². The summed E-state index contributed by atoms with van der Waals surface area (Å²) in [4.78, 5) is 6.55. The van der Waals surface area contributed by atoms with E-state index in [2.05, 4.69) is 9.97 Å². The lowest BCUT2D eigenvalue weighted by Gasteiger charge is -2.34. The maximum absolute atomic E-state index is 8.38. The van der Waals surface area contributed by atoms with Crippen molar-refractivity contribution < 1.29 is 19.2 Å². The molecule has 1 unspecified atom stereocenters. The zero-order valence-electron chi connectivity index (χ0n) is 20.9. The van der Waals surface area contributed by atoms with Crippen LogP contribution < -0.4 is 10.6 Å². The molecule has 0 radical (unpaired) electrons. The molecule has 0 amide bonds. The van der Waals surface area contributed by atoms with Gasteiger partial charge in [0.05, 0.1) is 16.5 Å². The molecular formula is C10H16N4. The van der Waals surface area contributed by atoms with Crippen LogP contribution in [0.4, 0.5) is 11.6 Å². The van der Waals surface area contributed by atoms with Gasteiger partial charge in [0.25, 0.3) is 0 Å². The maximum Gasteiger partial charge on any atom is 0.149 e. The molecule has 1 atom stereocenters. The smallest absolute Gasteiger partial charge is 0.149 e. The Bertz CT molecular complexity index is 804. The van der Waals surface area contributed by atoms with Gasteiger partial charge in [0, 0.05) is 27.6 Å². The number of aromatic nitrogens is 2. The molecule has 1 aliphatic heterocycles. The Morgan fingerprint density at radius 2 is 2.71 bits per heavy atom. The van der Waals surface area contributed by atoms with E-state index in [-0.39, 0.29) is 4.90 Å². The number of nitrogens with zero attached hydrogens (tertiary/aromatic N) is 3. The summed E-state index contributed by atoms with van der Waals surface area (Å²) in [6, 6.07) is -3.78. The van der Waals surface area contributed by atoms with Gasteiger partial charge >= 0.3 is 0 Å². The molecule has 0 aromatic carbocycles. The predicted octanol–water partition coefficient (Wildman–Crippen LogP) is 1.44. The molecule has 0 spiro atoms. The lowest BCUT2D eigenvalue weighted by atomic mass is 10.0. The summed E-state index contributed by atoms with van der Waals surface area (Å²) in [6.07, 6.45) is -13.1. The topological polar surface area (TPSA) is 55.0 Å². The average molecular weight is 206 g/mol. The number of nitrogens with two attached hydrogens (primary N) is 1. The highest BCUT2D eigenvalue weighted by molar-refractivity contribution is 5.42. The van der Waals surface area contributed by atoms with Crippen LogP contribution in [0.3, 0.4) is 0 Å². The first-order valence-electron chi connectivity index (χ1n) is 10.6. The van der Waals surface area contributed by atoms with Gasteiger partial charge in [-0.2, -0.15) is 0 Å². The van der Waals surface area contributed by atoms with Gasteiger partial charge in [0.2, 0.25) is 0 Å². The molecule has 1 aliphatic rings. The van der Waals surface area contributed by atoms with Crippen LogP contribution in [0, 0.1) is 0 Å². The zero-order chi connectivity index (χ0) is 22.3. The number of anilines is 2. The van der Waals surface area contributed by atoms with Crippen LogP contribution in [-0.4, -0.2) is 22.5 Å². The van der Waals surface area contributed by atoms with Crippen molar-refractivity contribution in [2.75, 3.05) is 17.1 Å². The molecular weight excluding hydrogens is 176 g/mol. The highest BCUT2D eigenvalue weighted by atomic mass is 15.2. The fourth-order valence-electron chi connectivity index (χ4n) is 0.844. The van der Waals surface area contributed by atoms with Crippen LogP contribution >= 0.6 is 0 Å². The van der Waals surface area contributed by atoms with E-state index < -0.39 is 62.5 Å². The molecule has 0 saturated carbocycles. The first kappa shape index (κ1) is 2.26. The van der Waals surface area contributed by atoms with E-state index in [4.69, 9.17) is 24.9 Å². The second kappa shape index (κ2) is 3.82. The predicted molar refractivity (Wildman–Crippen MR) is 57.1 cm³/mol. The normalized spacial score (nSPS) is 57.6. The molecule has 2 heterocycles. The number of rotatable bonds is 1. The fourth-order valence-corrected chi connectivity index (χ4v) is 0.844. The van der Waals surface area contributed by atoms with Crippen molar-refractivity contribution >= 4 is 11.6 Å². The lowest BCUT2D eigenvalue weighted by Crippen LogP contribution is -2.38. The quantitative estimate of drug-likeness (QED) is 0.755. The maximum atomic E-state index is 8.38. The minimum atomic E-state index is -3.83. The van der Waals surface area contributed by atoms with E-state index in [1.54, 1.807) is 0 Å². The number of piperidine rings is 1. The first-order chi connectivity index (χ1) is 12.2. The highest BCUT2D eigenvalue weighted by Crippen LogP contribution is 2.22.